The number of halogens is 1. The SMILES string of the molecule is [C-]#[N+]C12C(=O)C(C=C(Cl)C1(C)C=C)C(C)(C)C1C(=O)N(C)c3cccc2c31. The van der Waals surface area contributed by atoms with Gasteiger partial charge in [0.15, 0.2) is 0 Å². The van der Waals surface area contributed by atoms with Gasteiger partial charge in [-0.25, -0.2) is 6.57 Å². The number of carbonyl (C=O) groups excluding carboxylic acids is 2. The molecule has 3 aliphatic rings. The van der Waals surface area contributed by atoms with Crippen molar-refractivity contribution in [3.8, 4) is 0 Å². The van der Waals surface area contributed by atoms with Crippen LogP contribution in [0.5, 0.6) is 0 Å². The van der Waals surface area contributed by atoms with Gasteiger partial charge in [-0.1, -0.05) is 43.7 Å². The quantitative estimate of drug-likeness (QED) is 0.534. The molecule has 138 valence electrons. The Morgan fingerprint density at radius 1 is 1.30 bits per heavy atom. The summed E-state index contributed by atoms with van der Waals surface area (Å²) in [4.78, 5) is 32.7. The molecular formula is C22H21ClN2O2. The maximum absolute atomic E-state index is 13.9. The highest BCUT2D eigenvalue weighted by Gasteiger charge is 2.72. The van der Waals surface area contributed by atoms with Gasteiger partial charge in [-0.2, -0.15) is 0 Å². The molecular weight excluding hydrogens is 360 g/mol. The van der Waals surface area contributed by atoms with Crippen LogP contribution >= 0.6 is 11.6 Å². The summed E-state index contributed by atoms with van der Waals surface area (Å²) in [5, 5.41) is 0.435. The minimum absolute atomic E-state index is 0.0484. The maximum Gasteiger partial charge on any atom is 0.328 e. The lowest BCUT2D eigenvalue weighted by Crippen LogP contribution is -2.54. The number of hydrogen-bond acceptors (Lipinski definition) is 2. The van der Waals surface area contributed by atoms with Crippen LogP contribution in [0.25, 0.3) is 4.85 Å². The first kappa shape index (κ1) is 18.0. The van der Waals surface area contributed by atoms with Crippen molar-refractivity contribution in [2.45, 2.75) is 32.2 Å². The lowest BCUT2D eigenvalue weighted by molar-refractivity contribution is -0.133. The van der Waals surface area contributed by atoms with E-state index in [0.29, 0.717) is 10.6 Å². The molecule has 4 rings (SSSR count). The average Bonchev–Trinajstić information content (AvgIpc) is 2.88. The number of likely N-dealkylation sites (N-methyl/N-ethyl adjacent to an activating group) is 1. The fourth-order valence-electron chi connectivity index (χ4n) is 5.26. The summed E-state index contributed by atoms with van der Waals surface area (Å²) in [6.45, 7) is 17.7. The normalized spacial score (nSPS) is 35.9. The Labute approximate surface area is 164 Å². The van der Waals surface area contributed by atoms with Crippen molar-refractivity contribution < 1.29 is 9.59 Å². The zero-order valence-electron chi connectivity index (χ0n) is 15.8. The molecule has 0 N–H and O–H groups in total. The lowest BCUT2D eigenvalue weighted by atomic mass is 9.57. The zero-order chi connectivity index (χ0) is 19.9. The van der Waals surface area contributed by atoms with E-state index in [0.717, 1.165) is 11.3 Å². The van der Waals surface area contributed by atoms with Crippen LogP contribution in [0.2, 0.25) is 0 Å². The number of Topliss-reactive ketones (excluding diaryl/α,β-unsaturated/α-hetero) is 1. The third kappa shape index (κ3) is 1.70. The number of ketones is 1. The van der Waals surface area contributed by atoms with Crippen molar-refractivity contribution in [3.63, 3.8) is 0 Å². The molecule has 5 heteroatoms. The van der Waals surface area contributed by atoms with E-state index in [1.54, 1.807) is 31.0 Å². The van der Waals surface area contributed by atoms with Gasteiger partial charge in [0.1, 0.15) is 5.41 Å². The monoisotopic (exact) mass is 380 g/mol. The summed E-state index contributed by atoms with van der Waals surface area (Å²) >= 11 is 6.70. The lowest BCUT2D eigenvalue weighted by Gasteiger charge is -2.43. The van der Waals surface area contributed by atoms with Crippen molar-refractivity contribution >= 4 is 29.0 Å². The number of rotatable bonds is 1. The Balaban J connectivity index is 2.26. The third-order valence-electron chi connectivity index (χ3n) is 7.02. The Morgan fingerprint density at radius 3 is 2.56 bits per heavy atom. The highest BCUT2D eigenvalue weighted by Crippen LogP contribution is 2.65. The summed E-state index contributed by atoms with van der Waals surface area (Å²) in [5.74, 6) is -1.38. The van der Waals surface area contributed by atoms with Crippen molar-refractivity contribution in [2.75, 3.05) is 11.9 Å². The van der Waals surface area contributed by atoms with Crippen molar-refractivity contribution in [1.29, 1.82) is 0 Å². The second-order valence-electron chi connectivity index (χ2n) is 8.48. The number of fused-ring (bicyclic) bond motifs is 3. The van der Waals surface area contributed by atoms with Gasteiger partial charge in [-0.15, -0.1) is 6.58 Å². The number of allylic oxidation sites excluding steroid dienone is 1. The molecule has 2 bridgehead atoms. The first-order valence-corrected chi connectivity index (χ1v) is 9.32. The number of hydrogen-bond donors (Lipinski definition) is 0. The number of nitrogens with zero attached hydrogens (tertiary/aromatic N) is 2. The molecule has 0 radical (unpaired) electrons. The van der Waals surface area contributed by atoms with Gasteiger partial charge in [0.2, 0.25) is 11.7 Å². The molecule has 4 unspecified atom stereocenters. The van der Waals surface area contributed by atoms with Crippen LogP contribution in [0, 0.1) is 23.3 Å². The standard InChI is InChI=1S/C22H21ClN2O2/c1-7-21(4)15(23)11-13-18(26)22(21,24-5)12-9-8-10-14-16(12)17(20(13,2)3)19(27)25(14)6/h7-11,13,17H,1H2,2-4,6H3. The molecule has 1 amide bonds. The number of carbonyl (C=O) groups is 2. The van der Waals surface area contributed by atoms with Crippen LogP contribution < -0.4 is 4.90 Å². The Kier molecular flexibility index (Phi) is 3.41. The van der Waals surface area contributed by atoms with E-state index in [-0.39, 0.29) is 11.7 Å². The molecule has 1 aromatic rings. The van der Waals surface area contributed by atoms with Gasteiger partial charge in [-0.3, -0.25) is 14.4 Å². The summed E-state index contributed by atoms with van der Waals surface area (Å²) in [5.41, 5.74) is -1.16. The van der Waals surface area contributed by atoms with Gasteiger partial charge in [0.05, 0.1) is 17.4 Å². The molecule has 4 atom stereocenters. The fourth-order valence-corrected chi connectivity index (χ4v) is 5.60. The van der Waals surface area contributed by atoms with E-state index in [9.17, 15) is 9.59 Å². The van der Waals surface area contributed by atoms with Crippen molar-refractivity contribution in [2.24, 2.45) is 16.7 Å². The zero-order valence-corrected chi connectivity index (χ0v) is 16.6. The van der Waals surface area contributed by atoms with E-state index in [1.165, 1.54) is 0 Å². The van der Waals surface area contributed by atoms with E-state index >= 15 is 0 Å². The van der Waals surface area contributed by atoms with Crippen LogP contribution in [0.4, 0.5) is 5.69 Å². The van der Waals surface area contributed by atoms with Crippen LogP contribution in [-0.4, -0.2) is 18.7 Å². The summed E-state index contributed by atoms with van der Waals surface area (Å²) in [7, 11) is 1.75. The van der Waals surface area contributed by atoms with Crippen LogP contribution in [0.15, 0.2) is 42.0 Å². The van der Waals surface area contributed by atoms with Crippen molar-refractivity contribution in [1.82, 2.24) is 0 Å². The van der Waals surface area contributed by atoms with E-state index in [1.807, 2.05) is 32.0 Å². The van der Waals surface area contributed by atoms with Gasteiger partial charge in [0.25, 0.3) is 0 Å². The number of benzene rings is 1. The molecule has 0 spiro atoms. The Morgan fingerprint density at radius 2 is 1.96 bits per heavy atom. The van der Waals surface area contributed by atoms with Crippen LogP contribution in [0.1, 0.15) is 37.8 Å². The molecule has 1 aliphatic heterocycles. The van der Waals surface area contributed by atoms with Gasteiger partial charge in [-0.05, 0) is 24.5 Å². The van der Waals surface area contributed by atoms with E-state index < -0.39 is 28.2 Å². The van der Waals surface area contributed by atoms with Gasteiger partial charge in [0, 0.05) is 23.3 Å². The Hall–Kier alpha value is -2.38. The minimum atomic E-state index is -1.53. The topological polar surface area (TPSA) is 41.7 Å². The first-order valence-electron chi connectivity index (χ1n) is 8.95. The summed E-state index contributed by atoms with van der Waals surface area (Å²) < 4.78 is 0. The molecule has 0 aromatic heterocycles. The second-order valence-corrected chi connectivity index (χ2v) is 8.88. The molecule has 4 nitrogen and oxygen atoms in total. The maximum atomic E-state index is 13.9. The molecule has 0 fully saturated rings. The smallest absolute Gasteiger partial charge is 0.315 e. The molecule has 1 heterocycles. The summed E-state index contributed by atoms with van der Waals surface area (Å²) in [6.07, 6.45) is 3.34. The van der Waals surface area contributed by atoms with E-state index in [4.69, 9.17) is 18.2 Å². The fraction of sp³-hybridized carbons (Fsp3) is 0.409. The molecule has 0 saturated carbocycles. The second kappa shape index (κ2) is 5.11. The number of anilines is 1. The highest BCUT2D eigenvalue weighted by molar-refractivity contribution is 6.32. The highest BCUT2D eigenvalue weighted by atomic mass is 35.5. The predicted molar refractivity (Wildman–Crippen MR) is 105 cm³/mol. The Bertz CT molecular complexity index is 1000. The number of amides is 1. The van der Waals surface area contributed by atoms with Gasteiger partial charge < -0.3 is 4.90 Å². The predicted octanol–water partition coefficient (Wildman–Crippen LogP) is 4.41. The molecule has 1 aromatic carbocycles. The first-order chi connectivity index (χ1) is 12.6. The average molecular weight is 381 g/mol. The largest absolute Gasteiger partial charge is 0.328 e. The van der Waals surface area contributed by atoms with E-state index in [2.05, 4.69) is 11.4 Å². The molecule has 2 aliphatic carbocycles. The molecule has 27 heavy (non-hydrogen) atoms. The molecule has 0 saturated heterocycles. The van der Waals surface area contributed by atoms with Crippen LogP contribution in [-0.2, 0) is 15.1 Å². The van der Waals surface area contributed by atoms with Gasteiger partial charge >= 0.3 is 5.54 Å². The van der Waals surface area contributed by atoms with Crippen molar-refractivity contribution in [3.05, 3.63) is 64.5 Å². The summed E-state index contributed by atoms with van der Waals surface area (Å²) in [6, 6.07) is 5.50. The third-order valence-corrected chi connectivity index (χ3v) is 7.54. The minimum Gasteiger partial charge on any atom is -0.315 e. The van der Waals surface area contributed by atoms with Crippen LogP contribution in [0.3, 0.4) is 0 Å².